The molecule has 3 rings (SSSR count). The molecule has 1 aliphatic heterocycles. The summed E-state index contributed by atoms with van der Waals surface area (Å²) in [6.45, 7) is 3.51. The molecule has 0 saturated heterocycles. The Bertz CT molecular complexity index is 845. The van der Waals surface area contributed by atoms with Gasteiger partial charge in [-0.15, -0.1) is 22.7 Å². The molecular weight excluding hydrogens is 376 g/mol. The number of ether oxygens (including phenoxy) is 1. The van der Waals surface area contributed by atoms with Gasteiger partial charge >= 0.3 is 6.09 Å². The molecule has 0 aliphatic carbocycles. The second kappa shape index (κ2) is 7.94. The van der Waals surface area contributed by atoms with E-state index in [0.717, 1.165) is 30.1 Å². The number of nitrogens with zero attached hydrogens (tertiary/aromatic N) is 2. The number of nitrogens with one attached hydrogen (secondary N) is 2. The average molecular weight is 394 g/mol. The first-order valence-electron chi connectivity index (χ1n) is 8.02. The van der Waals surface area contributed by atoms with Crippen LogP contribution in [0.2, 0.25) is 0 Å². The van der Waals surface area contributed by atoms with Crippen LogP contribution in [0.5, 0.6) is 0 Å². The number of imide groups is 1. The molecule has 0 unspecified atom stereocenters. The van der Waals surface area contributed by atoms with E-state index in [0.29, 0.717) is 10.0 Å². The Morgan fingerprint density at radius 2 is 2.15 bits per heavy atom. The minimum Gasteiger partial charge on any atom is -0.450 e. The standard InChI is InChI=1S/C16H18N4O4S2/c1-3-24-16(23)19-12(21)9-5-7-25-14(9)18-13(22)15-17-10-4-6-20(2)8-11(10)26-15/h5,7H,3-4,6,8H2,1-2H3,(H,18,22)(H,19,21,23). The van der Waals surface area contributed by atoms with Gasteiger partial charge in [-0.2, -0.15) is 0 Å². The van der Waals surface area contributed by atoms with E-state index < -0.39 is 12.0 Å². The summed E-state index contributed by atoms with van der Waals surface area (Å²) < 4.78 is 4.69. The molecule has 0 saturated carbocycles. The van der Waals surface area contributed by atoms with Gasteiger partial charge < -0.3 is 15.0 Å². The molecule has 0 radical (unpaired) electrons. The smallest absolute Gasteiger partial charge is 0.414 e. The Morgan fingerprint density at radius 1 is 1.35 bits per heavy atom. The molecule has 1 aliphatic rings. The van der Waals surface area contributed by atoms with E-state index in [1.165, 1.54) is 28.7 Å². The maximum absolute atomic E-state index is 12.5. The van der Waals surface area contributed by atoms with Crippen molar-refractivity contribution in [1.29, 1.82) is 0 Å². The molecule has 0 bridgehead atoms. The molecule has 138 valence electrons. The Balaban J connectivity index is 1.70. The van der Waals surface area contributed by atoms with Crippen molar-refractivity contribution in [3.63, 3.8) is 0 Å². The monoisotopic (exact) mass is 394 g/mol. The van der Waals surface area contributed by atoms with Crippen LogP contribution in [0.3, 0.4) is 0 Å². The highest BCUT2D eigenvalue weighted by molar-refractivity contribution is 7.15. The molecule has 8 nitrogen and oxygen atoms in total. The topological polar surface area (TPSA) is 101 Å². The number of hydrogen-bond acceptors (Lipinski definition) is 8. The van der Waals surface area contributed by atoms with Gasteiger partial charge in [-0.1, -0.05) is 0 Å². The van der Waals surface area contributed by atoms with E-state index in [1.54, 1.807) is 12.3 Å². The van der Waals surface area contributed by atoms with E-state index in [9.17, 15) is 14.4 Å². The summed E-state index contributed by atoms with van der Waals surface area (Å²) in [5.41, 5.74) is 1.17. The van der Waals surface area contributed by atoms with E-state index >= 15 is 0 Å². The van der Waals surface area contributed by atoms with Crippen molar-refractivity contribution in [2.24, 2.45) is 0 Å². The maximum atomic E-state index is 12.5. The van der Waals surface area contributed by atoms with E-state index in [-0.39, 0.29) is 18.1 Å². The van der Waals surface area contributed by atoms with Gasteiger partial charge in [0.2, 0.25) is 0 Å². The predicted octanol–water partition coefficient (Wildman–Crippen LogP) is 2.33. The zero-order valence-corrected chi connectivity index (χ0v) is 16.0. The number of aromatic nitrogens is 1. The summed E-state index contributed by atoms with van der Waals surface area (Å²) in [4.78, 5) is 43.8. The maximum Gasteiger partial charge on any atom is 0.414 e. The van der Waals surface area contributed by atoms with Crippen LogP contribution in [0, 0.1) is 0 Å². The van der Waals surface area contributed by atoms with Crippen molar-refractivity contribution >= 4 is 45.6 Å². The highest BCUT2D eigenvalue weighted by Gasteiger charge is 2.23. The van der Waals surface area contributed by atoms with Gasteiger partial charge in [0, 0.05) is 24.4 Å². The number of rotatable bonds is 4. The first-order valence-corrected chi connectivity index (χ1v) is 9.71. The fraction of sp³-hybridized carbons (Fsp3) is 0.375. The van der Waals surface area contributed by atoms with Crippen molar-refractivity contribution in [1.82, 2.24) is 15.2 Å². The molecule has 0 atom stereocenters. The normalized spacial score (nSPS) is 13.8. The summed E-state index contributed by atoms with van der Waals surface area (Å²) in [6.07, 6.45) is -0.000337. The predicted molar refractivity (Wildman–Crippen MR) is 98.9 cm³/mol. The summed E-state index contributed by atoms with van der Waals surface area (Å²) >= 11 is 2.57. The number of carbonyl (C=O) groups excluding carboxylic acids is 3. The molecule has 2 N–H and O–H groups in total. The Hall–Kier alpha value is -2.30. The second-order valence-corrected chi connectivity index (χ2v) is 7.67. The van der Waals surface area contributed by atoms with Gasteiger partial charge in [-0.25, -0.2) is 9.78 Å². The summed E-state index contributed by atoms with van der Waals surface area (Å²) in [5.74, 6) is -0.986. The first kappa shape index (κ1) is 18.5. The molecule has 10 heteroatoms. The van der Waals surface area contributed by atoms with Crippen molar-refractivity contribution < 1.29 is 19.1 Å². The number of anilines is 1. The van der Waals surface area contributed by atoms with E-state index in [1.807, 2.05) is 7.05 Å². The fourth-order valence-electron chi connectivity index (χ4n) is 2.49. The van der Waals surface area contributed by atoms with Gasteiger partial charge in [-0.3, -0.25) is 14.9 Å². The van der Waals surface area contributed by atoms with Gasteiger partial charge in [0.15, 0.2) is 5.01 Å². The lowest BCUT2D eigenvalue weighted by Gasteiger charge is -2.20. The molecule has 26 heavy (non-hydrogen) atoms. The minimum absolute atomic E-state index is 0.163. The third-order valence-corrected chi connectivity index (χ3v) is 5.66. The number of hydrogen-bond donors (Lipinski definition) is 2. The molecule has 3 amide bonds. The van der Waals surface area contributed by atoms with Crippen LogP contribution < -0.4 is 10.6 Å². The lowest BCUT2D eigenvalue weighted by Crippen LogP contribution is -2.31. The lowest BCUT2D eigenvalue weighted by atomic mass is 10.2. The summed E-state index contributed by atoms with van der Waals surface area (Å²) in [6, 6.07) is 1.54. The van der Waals surface area contributed by atoms with E-state index in [2.05, 4.69) is 25.3 Å². The van der Waals surface area contributed by atoms with Gasteiger partial charge in [0.25, 0.3) is 11.8 Å². The average Bonchev–Trinajstić information content (AvgIpc) is 3.21. The van der Waals surface area contributed by atoms with Gasteiger partial charge in [0.05, 0.1) is 17.9 Å². The Kier molecular flexibility index (Phi) is 5.64. The molecule has 0 spiro atoms. The molecular formula is C16H18N4O4S2. The quantitative estimate of drug-likeness (QED) is 0.825. The Morgan fingerprint density at radius 3 is 2.92 bits per heavy atom. The van der Waals surface area contributed by atoms with Crippen LogP contribution in [-0.4, -0.2) is 48.0 Å². The molecule has 2 aromatic heterocycles. The number of carbonyl (C=O) groups is 3. The van der Waals surface area contributed by atoms with Crippen LogP contribution in [0.4, 0.5) is 9.80 Å². The van der Waals surface area contributed by atoms with Gasteiger partial charge in [-0.05, 0) is 25.4 Å². The summed E-state index contributed by atoms with van der Waals surface area (Å²) in [5, 5.41) is 7.23. The van der Waals surface area contributed by atoms with Gasteiger partial charge in [0.1, 0.15) is 5.00 Å². The molecule has 2 aromatic rings. The third kappa shape index (κ3) is 4.09. The van der Waals surface area contributed by atoms with Crippen molar-refractivity contribution in [3.05, 3.63) is 32.6 Å². The zero-order valence-electron chi connectivity index (χ0n) is 14.3. The first-order chi connectivity index (χ1) is 12.5. The van der Waals surface area contributed by atoms with Crippen molar-refractivity contribution in [2.45, 2.75) is 19.9 Å². The van der Waals surface area contributed by atoms with Crippen LogP contribution in [0.25, 0.3) is 0 Å². The van der Waals surface area contributed by atoms with Crippen LogP contribution in [0.1, 0.15) is 37.7 Å². The highest BCUT2D eigenvalue weighted by Crippen LogP contribution is 2.27. The highest BCUT2D eigenvalue weighted by atomic mass is 32.1. The number of amides is 3. The van der Waals surface area contributed by atoms with E-state index in [4.69, 9.17) is 0 Å². The summed E-state index contributed by atoms with van der Waals surface area (Å²) in [7, 11) is 2.03. The Labute approximate surface area is 158 Å². The third-order valence-electron chi connectivity index (χ3n) is 3.74. The van der Waals surface area contributed by atoms with Crippen molar-refractivity contribution in [2.75, 3.05) is 25.5 Å². The van der Waals surface area contributed by atoms with Crippen LogP contribution in [0.15, 0.2) is 11.4 Å². The van der Waals surface area contributed by atoms with Crippen LogP contribution in [-0.2, 0) is 17.7 Å². The molecule has 0 aromatic carbocycles. The second-order valence-electron chi connectivity index (χ2n) is 5.67. The van der Waals surface area contributed by atoms with Crippen molar-refractivity contribution in [3.8, 4) is 0 Å². The zero-order chi connectivity index (χ0) is 18.7. The lowest BCUT2D eigenvalue weighted by molar-refractivity contribution is 0.0926. The largest absolute Gasteiger partial charge is 0.450 e. The number of alkyl carbamates (subject to hydrolysis) is 1. The van der Waals surface area contributed by atoms with Crippen LogP contribution >= 0.6 is 22.7 Å². The number of likely N-dealkylation sites (N-methyl/N-ethyl adjacent to an activating group) is 1. The molecule has 3 heterocycles. The minimum atomic E-state index is -0.822. The number of thiophene rings is 1. The SMILES string of the molecule is CCOC(=O)NC(=O)c1ccsc1NC(=O)c1nc2c(s1)CN(C)CC2. The fourth-order valence-corrected chi connectivity index (χ4v) is 4.35. The molecule has 0 fully saturated rings. The number of fused-ring (bicyclic) bond motifs is 1. The number of thiazole rings is 1.